The number of hydrogen-bond donors (Lipinski definition) is 4. The Kier molecular flexibility index (Phi) is 7.68. The second kappa shape index (κ2) is 9.98. The minimum Gasteiger partial charge on any atom is -0.481 e. The van der Waals surface area contributed by atoms with Crippen molar-refractivity contribution in [2.24, 2.45) is 10.9 Å². The van der Waals surface area contributed by atoms with Gasteiger partial charge in [-0.1, -0.05) is 0 Å². The molecular formula is C17H29N5O4. The zero-order chi connectivity index (χ0) is 18.9. The number of nitrogens with one attached hydrogen (secondary N) is 3. The lowest BCUT2D eigenvalue weighted by molar-refractivity contribution is -0.138. The van der Waals surface area contributed by atoms with Crippen LogP contribution in [-0.4, -0.2) is 72.5 Å². The fraction of sp³-hybridized carbons (Fsp3) is 0.765. The average Bonchev–Trinajstić information content (AvgIpc) is 3.11. The Morgan fingerprint density at radius 1 is 1.35 bits per heavy atom. The number of guanidine groups is 1. The maximum absolute atomic E-state index is 12.3. The van der Waals surface area contributed by atoms with Gasteiger partial charge in [-0.05, 0) is 26.2 Å². The number of rotatable bonds is 8. The Hall–Kier alpha value is -2.32. The van der Waals surface area contributed by atoms with E-state index in [0.717, 1.165) is 25.5 Å². The number of piperidine rings is 1. The minimum absolute atomic E-state index is 0.0843. The van der Waals surface area contributed by atoms with Gasteiger partial charge in [-0.25, -0.2) is 0 Å². The molecule has 9 nitrogen and oxygen atoms in total. The molecule has 0 aliphatic carbocycles. The predicted molar refractivity (Wildman–Crippen MR) is 96.7 cm³/mol. The Morgan fingerprint density at radius 3 is 2.69 bits per heavy atom. The quantitative estimate of drug-likeness (QED) is 0.430. The molecule has 0 aromatic rings. The van der Waals surface area contributed by atoms with Gasteiger partial charge in [0.2, 0.25) is 11.8 Å². The highest BCUT2D eigenvalue weighted by molar-refractivity contribution is 5.82. The molecule has 2 amide bonds. The third kappa shape index (κ3) is 6.53. The van der Waals surface area contributed by atoms with Gasteiger partial charge in [0.1, 0.15) is 0 Å². The molecule has 0 aromatic heterocycles. The van der Waals surface area contributed by atoms with Crippen molar-refractivity contribution in [3.63, 3.8) is 0 Å². The molecule has 2 heterocycles. The van der Waals surface area contributed by atoms with Gasteiger partial charge in [-0.3, -0.25) is 19.4 Å². The number of amides is 2. The topological polar surface area (TPSA) is 123 Å². The van der Waals surface area contributed by atoms with Crippen LogP contribution in [0.5, 0.6) is 0 Å². The fourth-order valence-electron chi connectivity index (χ4n) is 3.19. The van der Waals surface area contributed by atoms with Crippen molar-refractivity contribution in [3.8, 4) is 0 Å². The van der Waals surface area contributed by atoms with Gasteiger partial charge >= 0.3 is 5.97 Å². The third-order valence-corrected chi connectivity index (χ3v) is 4.62. The third-order valence-electron chi connectivity index (χ3n) is 4.62. The van der Waals surface area contributed by atoms with Crippen LogP contribution in [0.4, 0.5) is 0 Å². The van der Waals surface area contributed by atoms with Crippen LogP contribution in [-0.2, 0) is 14.4 Å². The molecule has 26 heavy (non-hydrogen) atoms. The minimum atomic E-state index is -0.927. The molecule has 2 aliphatic heterocycles. The lowest BCUT2D eigenvalue weighted by atomic mass is 9.95. The average molecular weight is 367 g/mol. The number of likely N-dealkylation sites (tertiary alicyclic amines) is 1. The zero-order valence-electron chi connectivity index (χ0n) is 15.3. The molecule has 0 radical (unpaired) electrons. The van der Waals surface area contributed by atoms with Crippen LogP contribution in [0.3, 0.4) is 0 Å². The van der Waals surface area contributed by atoms with Gasteiger partial charge in [-0.2, -0.15) is 0 Å². The van der Waals surface area contributed by atoms with Crippen LogP contribution < -0.4 is 16.0 Å². The predicted octanol–water partition coefficient (Wildman–Crippen LogP) is -0.467. The molecule has 1 atom stereocenters. The fourth-order valence-corrected chi connectivity index (χ4v) is 3.19. The largest absolute Gasteiger partial charge is 0.481 e. The van der Waals surface area contributed by atoms with E-state index in [1.165, 1.54) is 0 Å². The van der Waals surface area contributed by atoms with Crippen molar-refractivity contribution < 1.29 is 19.5 Å². The molecule has 9 heteroatoms. The molecule has 1 saturated heterocycles. The highest BCUT2D eigenvalue weighted by atomic mass is 16.4. The van der Waals surface area contributed by atoms with E-state index in [2.05, 4.69) is 20.9 Å². The van der Waals surface area contributed by atoms with E-state index in [0.29, 0.717) is 38.9 Å². The van der Waals surface area contributed by atoms with E-state index in [4.69, 9.17) is 5.11 Å². The molecule has 0 bridgehead atoms. The molecule has 2 rings (SSSR count). The van der Waals surface area contributed by atoms with Gasteiger partial charge in [0.25, 0.3) is 0 Å². The number of carbonyl (C=O) groups excluding carboxylic acids is 2. The van der Waals surface area contributed by atoms with E-state index >= 15 is 0 Å². The monoisotopic (exact) mass is 367 g/mol. The lowest BCUT2D eigenvalue weighted by Crippen LogP contribution is -2.45. The van der Waals surface area contributed by atoms with Crippen LogP contribution in [0.25, 0.3) is 0 Å². The summed E-state index contributed by atoms with van der Waals surface area (Å²) < 4.78 is 0. The SMILES string of the molecule is C[C@H](CC(=O)O)NC(=O)C1CCN(C(=O)CCCNC2=NCCN2)CC1. The molecular weight excluding hydrogens is 338 g/mol. The summed E-state index contributed by atoms with van der Waals surface area (Å²) in [6, 6.07) is -0.383. The Labute approximate surface area is 153 Å². The normalized spacial score (nSPS) is 18.7. The Morgan fingerprint density at radius 2 is 2.08 bits per heavy atom. The van der Waals surface area contributed by atoms with Crippen molar-refractivity contribution in [3.05, 3.63) is 0 Å². The highest BCUT2D eigenvalue weighted by Crippen LogP contribution is 2.18. The summed E-state index contributed by atoms with van der Waals surface area (Å²) in [7, 11) is 0. The van der Waals surface area contributed by atoms with E-state index in [1.54, 1.807) is 6.92 Å². The molecule has 1 fully saturated rings. The van der Waals surface area contributed by atoms with Gasteiger partial charge in [-0.15, -0.1) is 0 Å². The van der Waals surface area contributed by atoms with Gasteiger partial charge in [0.15, 0.2) is 5.96 Å². The molecule has 146 valence electrons. The zero-order valence-corrected chi connectivity index (χ0v) is 15.3. The summed E-state index contributed by atoms with van der Waals surface area (Å²) in [5.41, 5.74) is 0. The summed E-state index contributed by atoms with van der Waals surface area (Å²) in [5.74, 6) is -0.264. The highest BCUT2D eigenvalue weighted by Gasteiger charge is 2.27. The Balaban J connectivity index is 1.61. The standard InChI is InChI=1S/C17H29N5O4/c1-12(11-15(24)25)21-16(26)13-4-9-22(10-5-13)14(23)3-2-6-18-17-19-7-8-20-17/h12-13H,2-11H2,1H3,(H,21,26)(H,24,25)(H2,18,19,20)/t12-/m1/s1. The van der Waals surface area contributed by atoms with Crippen molar-refractivity contribution in [2.45, 2.75) is 45.1 Å². The number of carbonyl (C=O) groups is 3. The summed E-state index contributed by atoms with van der Waals surface area (Å²) >= 11 is 0. The van der Waals surface area contributed by atoms with Crippen LogP contribution in [0.2, 0.25) is 0 Å². The van der Waals surface area contributed by atoms with Crippen molar-refractivity contribution in [1.82, 2.24) is 20.9 Å². The number of nitrogens with zero attached hydrogens (tertiary/aromatic N) is 2. The molecule has 0 aromatic carbocycles. The molecule has 2 aliphatic rings. The van der Waals surface area contributed by atoms with Gasteiger partial charge in [0.05, 0.1) is 13.0 Å². The number of carboxylic acid groups (broad SMARTS) is 1. The van der Waals surface area contributed by atoms with Crippen LogP contribution in [0, 0.1) is 5.92 Å². The van der Waals surface area contributed by atoms with E-state index in [9.17, 15) is 14.4 Å². The van der Waals surface area contributed by atoms with Gasteiger partial charge in [0, 0.05) is 44.6 Å². The van der Waals surface area contributed by atoms with Crippen LogP contribution in [0.15, 0.2) is 4.99 Å². The molecule has 0 spiro atoms. The van der Waals surface area contributed by atoms with Crippen LogP contribution >= 0.6 is 0 Å². The van der Waals surface area contributed by atoms with Gasteiger partial charge < -0.3 is 26.0 Å². The number of aliphatic imine (C=N–C) groups is 1. The lowest BCUT2D eigenvalue weighted by Gasteiger charge is -2.32. The number of carboxylic acids is 1. The first-order valence-electron chi connectivity index (χ1n) is 9.28. The molecule has 0 saturated carbocycles. The summed E-state index contributed by atoms with van der Waals surface area (Å²) in [6.07, 6.45) is 2.38. The summed E-state index contributed by atoms with van der Waals surface area (Å²) in [5, 5.41) is 17.8. The second-order valence-corrected chi connectivity index (χ2v) is 6.85. The summed E-state index contributed by atoms with van der Waals surface area (Å²) in [4.78, 5) is 41.1. The van der Waals surface area contributed by atoms with Crippen LogP contribution in [0.1, 0.15) is 39.0 Å². The van der Waals surface area contributed by atoms with Crippen molar-refractivity contribution in [1.29, 1.82) is 0 Å². The Bertz CT molecular complexity index is 543. The second-order valence-electron chi connectivity index (χ2n) is 6.85. The maximum atomic E-state index is 12.3. The maximum Gasteiger partial charge on any atom is 0.305 e. The van der Waals surface area contributed by atoms with E-state index in [-0.39, 0.29) is 30.2 Å². The first kappa shape index (κ1) is 20.0. The van der Waals surface area contributed by atoms with Crippen molar-refractivity contribution >= 4 is 23.7 Å². The van der Waals surface area contributed by atoms with E-state index < -0.39 is 5.97 Å². The number of aliphatic carboxylic acids is 1. The first-order valence-corrected chi connectivity index (χ1v) is 9.28. The number of hydrogen-bond acceptors (Lipinski definition) is 6. The smallest absolute Gasteiger partial charge is 0.305 e. The molecule has 0 unspecified atom stereocenters. The summed E-state index contributed by atoms with van der Waals surface area (Å²) in [6.45, 7) is 5.19. The first-order chi connectivity index (χ1) is 12.5. The van der Waals surface area contributed by atoms with E-state index in [1.807, 2.05) is 4.90 Å². The van der Waals surface area contributed by atoms with Crippen molar-refractivity contribution in [2.75, 3.05) is 32.7 Å². The molecule has 4 N–H and O–H groups in total.